The van der Waals surface area contributed by atoms with Gasteiger partial charge in [0, 0.05) is 26.1 Å². The number of hydrogen-bond acceptors (Lipinski definition) is 3. The van der Waals surface area contributed by atoms with E-state index in [9.17, 15) is 14.7 Å². The summed E-state index contributed by atoms with van der Waals surface area (Å²) in [5, 5.41) is 9.79. The van der Waals surface area contributed by atoms with E-state index in [1.54, 1.807) is 0 Å². The van der Waals surface area contributed by atoms with E-state index in [4.69, 9.17) is 4.74 Å². The van der Waals surface area contributed by atoms with E-state index < -0.39 is 11.4 Å². The molecule has 2 aliphatic rings. The number of amides is 1. The fourth-order valence-corrected chi connectivity index (χ4v) is 3.84. The third-order valence-electron chi connectivity index (χ3n) is 5.41. The maximum Gasteiger partial charge on any atom is 0.314 e. The molecule has 2 aliphatic heterocycles. The van der Waals surface area contributed by atoms with Gasteiger partial charge in [0.05, 0.1) is 11.5 Å². The van der Waals surface area contributed by atoms with Crippen LogP contribution in [0, 0.1) is 0 Å². The summed E-state index contributed by atoms with van der Waals surface area (Å²) in [6.07, 6.45) is 4.56. The highest BCUT2D eigenvalue weighted by Gasteiger charge is 2.43. The Labute approximate surface area is 142 Å². The number of carboxylic acid groups (broad SMARTS) is 1. The molecule has 1 amide bonds. The molecule has 5 heteroatoms. The standard InChI is InChI=1S/C19H25NO4/c21-17(9-8-16-7-4-14-24-16)20-12-10-19(11-13-20,18(22)23)15-5-2-1-3-6-15/h1-3,5-6,16H,4,7-14H2,(H,22,23). The van der Waals surface area contributed by atoms with Crippen LogP contribution in [0.15, 0.2) is 30.3 Å². The van der Waals surface area contributed by atoms with Crippen LogP contribution in [0.3, 0.4) is 0 Å². The molecule has 2 heterocycles. The van der Waals surface area contributed by atoms with Gasteiger partial charge in [-0.3, -0.25) is 9.59 Å². The lowest BCUT2D eigenvalue weighted by atomic mass is 9.73. The summed E-state index contributed by atoms with van der Waals surface area (Å²) in [5.74, 6) is -0.669. The molecular formula is C19H25NO4. The van der Waals surface area contributed by atoms with Crippen LogP contribution in [0.1, 0.15) is 44.1 Å². The van der Waals surface area contributed by atoms with E-state index in [0.717, 1.165) is 31.4 Å². The minimum Gasteiger partial charge on any atom is -0.481 e. The first-order valence-corrected chi connectivity index (χ1v) is 8.80. The van der Waals surface area contributed by atoms with E-state index in [0.29, 0.717) is 32.4 Å². The smallest absolute Gasteiger partial charge is 0.314 e. The third-order valence-corrected chi connectivity index (χ3v) is 5.41. The minimum absolute atomic E-state index is 0.123. The Morgan fingerprint density at radius 2 is 1.92 bits per heavy atom. The van der Waals surface area contributed by atoms with Gasteiger partial charge in [-0.15, -0.1) is 0 Å². The topological polar surface area (TPSA) is 66.8 Å². The molecule has 130 valence electrons. The largest absolute Gasteiger partial charge is 0.481 e. The van der Waals surface area contributed by atoms with Crippen molar-refractivity contribution in [2.24, 2.45) is 0 Å². The fraction of sp³-hybridized carbons (Fsp3) is 0.579. The zero-order chi connectivity index (χ0) is 17.0. The van der Waals surface area contributed by atoms with Gasteiger partial charge < -0.3 is 14.7 Å². The van der Waals surface area contributed by atoms with Crippen molar-refractivity contribution in [3.63, 3.8) is 0 Å². The van der Waals surface area contributed by atoms with E-state index >= 15 is 0 Å². The molecule has 0 spiro atoms. The van der Waals surface area contributed by atoms with Crippen molar-refractivity contribution in [2.75, 3.05) is 19.7 Å². The Morgan fingerprint density at radius 3 is 2.50 bits per heavy atom. The van der Waals surface area contributed by atoms with Gasteiger partial charge in [0.25, 0.3) is 0 Å². The number of hydrogen-bond donors (Lipinski definition) is 1. The Kier molecular flexibility index (Phi) is 5.19. The predicted octanol–water partition coefficient (Wildman–Crippen LogP) is 2.59. The molecule has 0 aliphatic carbocycles. The van der Waals surface area contributed by atoms with Crippen LogP contribution in [0.5, 0.6) is 0 Å². The second-order valence-corrected chi connectivity index (χ2v) is 6.81. The number of nitrogens with zero attached hydrogens (tertiary/aromatic N) is 1. The van der Waals surface area contributed by atoms with Crippen molar-refractivity contribution < 1.29 is 19.4 Å². The number of carboxylic acids is 1. The van der Waals surface area contributed by atoms with E-state index in [1.165, 1.54) is 0 Å². The molecule has 1 atom stereocenters. The van der Waals surface area contributed by atoms with Crippen LogP contribution in [-0.2, 0) is 19.7 Å². The Hall–Kier alpha value is -1.88. The maximum atomic E-state index is 12.4. The molecule has 1 unspecified atom stereocenters. The molecule has 0 radical (unpaired) electrons. The molecule has 0 saturated carbocycles. The molecule has 1 aromatic rings. The van der Waals surface area contributed by atoms with Gasteiger partial charge in [-0.05, 0) is 37.7 Å². The molecule has 24 heavy (non-hydrogen) atoms. The SMILES string of the molecule is O=C(CCC1CCCO1)N1CCC(C(=O)O)(c2ccccc2)CC1. The summed E-state index contributed by atoms with van der Waals surface area (Å²) >= 11 is 0. The van der Waals surface area contributed by atoms with Gasteiger partial charge in [-0.2, -0.15) is 0 Å². The summed E-state index contributed by atoms with van der Waals surface area (Å²) in [5.41, 5.74) is -0.0315. The number of benzene rings is 1. The highest BCUT2D eigenvalue weighted by atomic mass is 16.5. The number of ether oxygens (including phenoxy) is 1. The van der Waals surface area contributed by atoms with Crippen LogP contribution in [-0.4, -0.2) is 47.7 Å². The van der Waals surface area contributed by atoms with Gasteiger partial charge in [-0.1, -0.05) is 30.3 Å². The lowest BCUT2D eigenvalue weighted by molar-refractivity contribution is -0.148. The summed E-state index contributed by atoms with van der Waals surface area (Å²) in [6.45, 7) is 1.82. The zero-order valence-corrected chi connectivity index (χ0v) is 13.9. The normalized spacial score (nSPS) is 23.2. The number of piperidine rings is 1. The molecule has 0 aromatic heterocycles. The van der Waals surface area contributed by atoms with E-state index in [2.05, 4.69) is 0 Å². The van der Waals surface area contributed by atoms with Crippen LogP contribution >= 0.6 is 0 Å². The summed E-state index contributed by atoms with van der Waals surface area (Å²) in [4.78, 5) is 26.1. The summed E-state index contributed by atoms with van der Waals surface area (Å²) < 4.78 is 5.56. The predicted molar refractivity (Wildman–Crippen MR) is 89.8 cm³/mol. The molecule has 1 aromatic carbocycles. The zero-order valence-electron chi connectivity index (χ0n) is 13.9. The Bertz CT molecular complexity index is 572. The third kappa shape index (κ3) is 3.46. The fourth-order valence-electron chi connectivity index (χ4n) is 3.84. The molecule has 2 fully saturated rings. The average molecular weight is 331 g/mol. The Morgan fingerprint density at radius 1 is 1.21 bits per heavy atom. The van der Waals surface area contributed by atoms with Crippen molar-refractivity contribution in [1.82, 2.24) is 4.90 Å². The van der Waals surface area contributed by atoms with Crippen molar-refractivity contribution in [2.45, 2.75) is 50.0 Å². The number of carbonyl (C=O) groups excluding carboxylic acids is 1. The van der Waals surface area contributed by atoms with Gasteiger partial charge in [0.2, 0.25) is 5.91 Å². The van der Waals surface area contributed by atoms with Crippen LogP contribution in [0.4, 0.5) is 0 Å². The first-order valence-electron chi connectivity index (χ1n) is 8.80. The minimum atomic E-state index is -0.868. The summed E-state index contributed by atoms with van der Waals surface area (Å²) in [6, 6.07) is 9.40. The molecular weight excluding hydrogens is 306 g/mol. The Balaban J connectivity index is 1.59. The van der Waals surface area contributed by atoms with E-state index in [1.807, 2.05) is 35.2 Å². The molecule has 0 bridgehead atoms. The lowest BCUT2D eigenvalue weighted by Gasteiger charge is -2.39. The van der Waals surface area contributed by atoms with Crippen molar-refractivity contribution >= 4 is 11.9 Å². The highest BCUT2D eigenvalue weighted by Crippen LogP contribution is 2.36. The summed E-state index contributed by atoms with van der Waals surface area (Å²) in [7, 11) is 0. The van der Waals surface area contributed by atoms with Crippen molar-refractivity contribution in [3.8, 4) is 0 Å². The average Bonchev–Trinajstić information content (AvgIpc) is 3.14. The maximum absolute atomic E-state index is 12.4. The van der Waals surface area contributed by atoms with Crippen LogP contribution in [0.2, 0.25) is 0 Å². The number of likely N-dealkylation sites (tertiary alicyclic amines) is 1. The number of rotatable bonds is 5. The van der Waals surface area contributed by atoms with Gasteiger partial charge >= 0.3 is 5.97 Å². The van der Waals surface area contributed by atoms with E-state index in [-0.39, 0.29) is 12.0 Å². The molecule has 3 rings (SSSR count). The van der Waals surface area contributed by atoms with Gasteiger partial charge in [0.1, 0.15) is 0 Å². The highest BCUT2D eigenvalue weighted by molar-refractivity contribution is 5.82. The van der Waals surface area contributed by atoms with Crippen LogP contribution in [0.25, 0.3) is 0 Å². The second-order valence-electron chi connectivity index (χ2n) is 6.81. The molecule has 1 N–H and O–H groups in total. The number of carbonyl (C=O) groups is 2. The lowest BCUT2D eigenvalue weighted by Crippen LogP contribution is -2.49. The first-order chi connectivity index (χ1) is 11.6. The second kappa shape index (κ2) is 7.34. The molecule has 5 nitrogen and oxygen atoms in total. The van der Waals surface area contributed by atoms with Crippen LogP contribution < -0.4 is 0 Å². The number of aliphatic carboxylic acids is 1. The first kappa shape index (κ1) is 17.0. The van der Waals surface area contributed by atoms with Gasteiger partial charge in [0.15, 0.2) is 0 Å². The quantitative estimate of drug-likeness (QED) is 0.900. The monoisotopic (exact) mass is 331 g/mol. The van der Waals surface area contributed by atoms with Gasteiger partial charge in [-0.25, -0.2) is 0 Å². The molecule has 2 saturated heterocycles. The van der Waals surface area contributed by atoms with Crippen molar-refractivity contribution in [1.29, 1.82) is 0 Å². The van der Waals surface area contributed by atoms with Crippen molar-refractivity contribution in [3.05, 3.63) is 35.9 Å².